The lowest BCUT2D eigenvalue weighted by molar-refractivity contribution is 1.44. The summed E-state index contributed by atoms with van der Waals surface area (Å²) in [7, 11) is -2.32. The Hall–Kier alpha value is -3.42. The maximum absolute atomic E-state index is 2.44. The number of benzene rings is 4. The summed E-state index contributed by atoms with van der Waals surface area (Å²) >= 11 is 0. The first-order valence-electron chi connectivity index (χ1n) is 10.6. The highest BCUT2D eigenvalue weighted by Crippen LogP contribution is 2.32. The van der Waals surface area contributed by atoms with E-state index in [9.17, 15) is 0 Å². The van der Waals surface area contributed by atoms with Gasteiger partial charge in [-0.1, -0.05) is 115 Å². The second-order valence-electron chi connectivity index (χ2n) is 8.11. The molecular weight excluding hydrogens is 376 g/mol. The molecule has 1 heterocycles. The molecule has 2 aliphatic rings. The Morgan fingerprint density at radius 2 is 1.20 bits per heavy atom. The molecule has 0 unspecified atom stereocenters. The largest absolute Gasteiger partial charge is 0.180 e. The van der Waals surface area contributed by atoms with Crippen LogP contribution in [0.15, 0.2) is 121 Å². The Morgan fingerprint density at radius 1 is 0.567 bits per heavy atom. The molecule has 1 aliphatic carbocycles. The third-order valence-corrected chi connectivity index (χ3v) is 11.5. The Bertz CT molecular complexity index is 1260. The summed E-state index contributed by atoms with van der Waals surface area (Å²) in [5.74, 6) is 0. The van der Waals surface area contributed by atoms with Crippen LogP contribution in [0.5, 0.6) is 0 Å². The summed E-state index contributed by atoms with van der Waals surface area (Å²) in [4.78, 5) is 0. The molecule has 0 aromatic heterocycles. The van der Waals surface area contributed by atoms with Gasteiger partial charge in [0.1, 0.15) is 0 Å². The predicted molar refractivity (Wildman–Crippen MR) is 131 cm³/mol. The van der Waals surface area contributed by atoms with Crippen LogP contribution >= 0.6 is 0 Å². The number of rotatable bonds is 3. The maximum Gasteiger partial charge on any atom is 0.180 e. The lowest BCUT2D eigenvalue weighted by Gasteiger charge is -2.31. The van der Waals surface area contributed by atoms with E-state index < -0.39 is 8.07 Å². The number of allylic oxidation sites excluding steroid dienone is 4. The average molecular weight is 399 g/mol. The SMILES string of the molecule is C1=CCC(c2ccc3c(c2)-c2ccccc2[Si]3(c2ccccc2)c2ccccc2)=C1. The number of hydrogen-bond acceptors (Lipinski definition) is 0. The smallest absolute Gasteiger partial charge is 0.0801 e. The van der Waals surface area contributed by atoms with Crippen molar-refractivity contribution >= 4 is 34.4 Å². The van der Waals surface area contributed by atoms with E-state index in [0.717, 1.165) is 6.42 Å². The van der Waals surface area contributed by atoms with Gasteiger partial charge in [0.05, 0.1) is 0 Å². The molecule has 0 nitrogen and oxygen atoms in total. The van der Waals surface area contributed by atoms with E-state index in [1.807, 2.05) is 0 Å². The lowest BCUT2D eigenvalue weighted by Crippen LogP contribution is -2.72. The molecule has 0 fully saturated rings. The molecule has 142 valence electrons. The zero-order valence-corrected chi connectivity index (χ0v) is 17.8. The van der Waals surface area contributed by atoms with Crippen molar-refractivity contribution in [3.63, 3.8) is 0 Å². The van der Waals surface area contributed by atoms with Crippen molar-refractivity contribution in [2.24, 2.45) is 0 Å². The molecule has 6 rings (SSSR count). The van der Waals surface area contributed by atoms with Crippen LogP contribution in [0.2, 0.25) is 0 Å². The lowest BCUT2D eigenvalue weighted by atomic mass is 9.99. The van der Waals surface area contributed by atoms with Gasteiger partial charge >= 0.3 is 0 Å². The molecular formula is C29H22Si. The zero-order valence-electron chi connectivity index (χ0n) is 16.8. The first-order chi connectivity index (χ1) is 14.9. The van der Waals surface area contributed by atoms with Gasteiger partial charge in [-0.3, -0.25) is 0 Å². The minimum absolute atomic E-state index is 1.03. The molecule has 4 aromatic rings. The second kappa shape index (κ2) is 6.83. The maximum atomic E-state index is 2.44. The highest BCUT2D eigenvalue weighted by atomic mass is 28.3. The standard InChI is InChI=1S/C29H22Si/c1-3-13-24(14-4-1)30(25-15-5-2-6-16-25)28-18-10-9-17-26(28)27-21-23(19-20-29(27)30)22-11-7-8-12-22/h1-11,13-21H,12H2. The van der Waals surface area contributed by atoms with Crippen molar-refractivity contribution in [1.82, 2.24) is 0 Å². The van der Waals surface area contributed by atoms with Crippen molar-refractivity contribution in [3.05, 3.63) is 127 Å². The summed E-state index contributed by atoms with van der Waals surface area (Å²) in [6.45, 7) is 0. The summed E-state index contributed by atoms with van der Waals surface area (Å²) < 4.78 is 0. The molecule has 4 aromatic carbocycles. The Balaban J connectivity index is 1.71. The quantitative estimate of drug-likeness (QED) is 0.396. The van der Waals surface area contributed by atoms with Gasteiger partial charge in [0.2, 0.25) is 0 Å². The average Bonchev–Trinajstić information content (AvgIpc) is 3.46. The summed E-state index contributed by atoms with van der Waals surface area (Å²) in [6, 6.07) is 38.7. The summed E-state index contributed by atoms with van der Waals surface area (Å²) in [6.07, 6.45) is 7.69. The third-order valence-electron chi connectivity index (χ3n) is 6.60. The molecule has 0 radical (unpaired) electrons. The molecule has 0 saturated heterocycles. The molecule has 0 saturated carbocycles. The zero-order chi connectivity index (χ0) is 20.0. The van der Waals surface area contributed by atoms with E-state index in [1.54, 1.807) is 0 Å². The van der Waals surface area contributed by atoms with Crippen LogP contribution in [-0.2, 0) is 0 Å². The number of fused-ring (bicyclic) bond motifs is 3. The van der Waals surface area contributed by atoms with Crippen molar-refractivity contribution < 1.29 is 0 Å². The molecule has 30 heavy (non-hydrogen) atoms. The highest BCUT2D eigenvalue weighted by molar-refractivity contribution is 7.22. The third kappa shape index (κ3) is 2.39. The molecule has 0 spiro atoms. The van der Waals surface area contributed by atoms with Crippen molar-refractivity contribution in [3.8, 4) is 11.1 Å². The van der Waals surface area contributed by atoms with Crippen LogP contribution in [0.3, 0.4) is 0 Å². The fraction of sp³-hybridized carbons (Fsp3) is 0.0345. The van der Waals surface area contributed by atoms with Crippen LogP contribution in [0, 0.1) is 0 Å². The Labute approximate surface area is 178 Å². The van der Waals surface area contributed by atoms with Gasteiger partial charge in [-0.25, -0.2) is 0 Å². The molecule has 1 heteroatoms. The molecule has 0 bridgehead atoms. The van der Waals surface area contributed by atoms with Gasteiger partial charge in [0, 0.05) is 0 Å². The number of hydrogen-bond donors (Lipinski definition) is 0. The normalized spacial score (nSPS) is 15.5. The van der Waals surface area contributed by atoms with E-state index >= 15 is 0 Å². The van der Waals surface area contributed by atoms with Gasteiger partial charge in [0.25, 0.3) is 0 Å². The van der Waals surface area contributed by atoms with Crippen LogP contribution in [0.4, 0.5) is 0 Å². The topological polar surface area (TPSA) is 0 Å². The van der Waals surface area contributed by atoms with Crippen LogP contribution in [0.1, 0.15) is 12.0 Å². The van der Waals surface area contributed by atoms with Crippen LogP contribution in [0.25, 0.3) is 16.7 Å². The van der Waals surface area contributed by atoms with E-state index in [0.29, 0.717) is 0 Å². The first kappa shape index (κ1) is 17.4. The van der Waals surface area contributed by atoms with Crippen LogP contribution < -0.4 is 20.7 Å². The van der Waals surface area contributed by atoms with Gasteiger partial charge in [-0.15, -0.1) is 0 Å². The molecule has 0 amide bonds. The van der Waals surface area contributed by atoms with Crippen molar-refractivity contribution in [2.45, 2.75) is 6.42 Å². The molecule has 1 aliphatic heterocycles. The molecule has 0 N–H and O–H groups in total. The fourth-order valence-electron chi connectivity index (χ4n) is 5.31. The van der Waals surface area contributed by atoms with E-state index in [-0.39, 0.29) is 0 Å². The van der Waals surface area contributed by atoms with Gasteiger partial charge in [-0.2, -0.15) is 0 Å². The van der Waals surface area contributed by atoms with Gasteiger partial charge in [0.15, 0.2) is 8.07 Å². The minimum Gasteiger partial charge on any atom is -0.0801 e. The van der Waals surface area contributed by atoms with Crippen molar-refractivity contribution in [1.29, 1.82) is 0 Å². The van der Waals surface area contributed by atoms with E-state index in [1.165, 1.54) is 43.0 Å². The molecule has 0 atom stereocenters. The van der Waals surface area contributed by atoms with E-state index in [4.69, 9.17) is 0 Å². The fourth-order valence-corrected chi connectivity index (χ4v) is 10.5. The Morgan fingerprint density at radius 3 is 1.87 bits per heavy atom. The van der Waals surface area contributed by atoms with E-state index in [2.05, 4.69) is 121 Å². The van der Waals surface area contributed by atoms with Gasteiger partial charge in [-0.05, 0) is 55.5 Å². The summed E-state index contributed by atoms with van der Waals surface area (Å²) in [5, 5.41) is 5.93. The first-order valence-corrected chi connectivity index (χ1v) is 12.6. The Kier molecular flexibility index (Phi) is 3.97. The minimum atomic E-state index is -2.32. The van der Waals surface area contributed by atoms with Crippen molar-refractivity contribution in [2.75, 3.05) is 0 Å². The van der Waals surface area contributed by atoms with Crippen LogP contribution in [-0.4, -0.2) is 8.07 Å². The second-order valence-corrected chi connectivity index (χ2v) is 11.8. The monoisotopic (exact) mass is 398 g/mol. The summed E-state index contributed by atoms with van der Waals surface area (Å²) in [5.41, 5.74) is 5.57. The predicted octanol–water partition coefficient (Wildman–Crippen LogP) is 4.39. The highest BCUT2D eigenvalue weighted by Gasteiger charge is 2.48. The van der Waals surface area contributed by atoms with Gasteiger partial charge < -0.3 is 0 Å².